The SMILES string of the molecule is COc1ccc(C(C)(O)C2CCNCC2)cc1F. The second-order valence-electron chi connectivity index (χ2n) is 5.02. The van der Waals surface area contributed by atoms with Crippen LogP contribution in [0.15, 0.2) is 18.2 Å². The number of hydrogen-bond donors (Lipinski definition) is 2. The highest BCUT2D eigenvalue weighted by Crippen LogP contribution is 2.36. The molecule has 1 aliphatic heterocycles. The molecule has 1 heterocycles. The zero-order valence-electron chi connectivity index (χ0n) is 10.9. The molecule has 0 aliphatic carbocycles. The minimum Gasteiger partial charge on any atom is -0.494 e. The van der Waals surface area contributed by atoms with Crippen molar-refractivity contribution in [1.29, 1.82) is 0 Å². The number of rotatable bonds is 3. The van der Waals surface area contributed by atoms with Gasteiger partial charge in [0.2, 0.25) is 0 Å². The molecule has 1 fully saturated rings. The fourth-order valence-electron chi connectivity index (χ4n) is 2.60. The molecule has 0 bridgehead atoms. The van der Waals surface area contributed by atoms with E-state index >= 15 is 0 Å². The fraction of sp³-hybridized carbons (Fsp3) is 0.571. The van der Waals surface area contributed by atoms with Crippen molar-refractivity contribution in [1.82, 2.24) is 5.32 Å². The third-order valence-corrected chi connectivity index (χ3v) is 3.87. The Kier molecular flexibility index (Phi) is 3.88. The first-order chi connectivity index (χ1) is 8.55. The Morgan fingerprint density at radius 3 is 2.61 bits per heavy atom. The van der Waals surface area contributed by atoms with Crippen LogP contribution in [0.4, 0.5) is 4.39 Å². The molecule has 1 saturated heterocycles. The molecule has 4 heteroatoms. The van der Waals surface area contributed by atoms with Crippen LogP contribution in [0.1, 0.15) is 25.3 Å². The van der Waals surface area contributed by atoms with Gasteiger partial charge in [0.05, 0.1) is 12.7 Å². The molecular weight excluding hydrogens is 233 g/mol. The molecule has 1 aromatic carbocycles. The first kappa shape index (κ1) is 13.3. The van der Waals surface area contributed by atoms with Crippen molar-refractivity contribution in [3.63, 3.8) is 0 Å². The lowest BCUT2D eigenvalue weighted by Gasteiger charge is -2.36. The number of hydrogen-bond acceptors (Lipinski definition) is 3. The van der Waals surface area contributed by atoms with Crippen molar-refractivity contribution in [2.24, 2.45) is 5.92 Å². The van der Waals surface area contributed by atoms with E-state index in [1.807, 2.05) is 0 Å². The summed E-state index contributed by atoms with van der Waals surface area (Å²) in [4.78, 5) is 0. The molecular formula is C14H20FNO2. The Balaban J connectivity index is 2.25. The zero-order valence-corrected chi connectivity index (χ0v) is 10.9. The number of aliphatic hydroxyl groups is 1. The fourth-order valence-corrected chi connectivity index (χ4v) is 2.60. The average Bonchev–Trinajstić information content (AvgIpc) is 2.39. The molecule has 0 amide bonds. The standard InChI is InChI=1S/C14H20FNO2/c1-14(17,10-5-7-16-8-6-10)11-3-4-13(18-2)12(15)9-11/h3-4,9-10,16-17H,5-8H2,1-2H3. The number of benzene rings is 1. The van der Waals surface area contributed by atoms with E-state index in [9.17, 15) is 9.50 Å². The van der Waals surface area contributed by atoms with Gasteiger partial charge in [-0.15, -0.1) is 0 Å². The molecule has 0 spiro atoms. The summed E-state index contributed by atoms with van der Waals surface area (Å²) in [6, 6.07) is 4.69. The molecule has 0 aromatic heterocycles. The monoisotopic (exact) mass is 253 g/mol. The molecule has 18 heavy (non-hydrogen) atoms. The minimum atomic E-state index is -0.991. The van der Waals surface area contributed by atoms with Gasteiger partial charge in [0.15, 0.2) is 11.6 Å². The third kappa shape index (κ3) is 2.49. The van der Waals surface area contributed by atoms with Crippen LogP contribution in [0.3, 0.4) is 0 Å². The van der Waals surface area contributed by atoms with E-state index < -0.39 is 11.4 Å². The molecule has 1 aromatic rings. The van der Waals surface area contributed by atoms with Crippen LogP contribution in [0.5, 0.6) is 5.75 Å². The van der Waals surface area contributed by atoms with Crippen molar-refractivity contribution in [2.45, 2.75) is 25.4 Å². The first-order valence-electron chi connectivity index (χ1n) is 6.33. The molecule has 1 unspecified atom stereocenters. The van der Waals surface area contributed by atoms with Crippen LogP contribution in [0.2, 0.25) is 0 Å². The number of halogens is 1. The maximum absolute atomic E-state index is 13.7. The maximum atomic E-state index is 13.7. The Bertz CT molecular complexity index is 414. The van der Waals surface area contributed by atoms with Crippen LogP contribution < -0.4 is 10.1 Å². The zero-order chi connectivity index (χ0) is 13.2. The number of piperidine rings is 1. The van der Waals surface area contributed by atoms with Gasteiger partial charge in [-0.1, -0.05) is 6.07 Å². The van der Waals surface area contributed by atoms with E-state index in [4.69, 9.17) is 4.74 Å². The van der Waals surface area contributed by atoms with Gasteiger partial charge < -0.3 is 15.2 Å². The lowest BCUT2D eigenvalue weighted by molar-refractivity contribution is -0.0189. The summed E-state index contributed by atoms with van der Waals surface area (Å²) in [6.07, 6.45) is 1.81. The van der Waals surface area contributed by atoms with Crippen LogP contribution in [0.25, 0.3) is 0 Å². The summed E-state index contributed by atoms with van der Waals surface area (Å²) in [7, 11) is 1.43. The summed E-state index contributed by atoms with van der Waals surface area (Å²) in [5.41, 5.74) is -0.373. The van der Waals surface area contributed by atoms with Gasteiger partial charge in [0.1, 0.15) is 0 Å². The lowest BCUT2D eigenvalue weighted by Crippen LogP contribution is -2.39. The van der Waals surface area contributed by atoms with Gasteiger partial charge in [0, 0.05) is 0 Å². The summed E-state index contributed by atoms with van der Waals surface area (Å²) < 4.78 is 18.6. The average molecular weight is 253 g/mol. The van der Waals surface area contributed by atoms with Crippen LogP contribution in [-0.2, 0) is 5.60 Å². The Labute approximate surface area is 107 Å². The van der Waals surface area contributed by atoms with E-state index in [1.165, 1.54) is 13.2 Å². The van der Waals surface area contributed by atoms with Gasteiger partial charge >= 0.3 is 0 Å². The molecule has 1 aliphatic rings. The van der Waals surface area contributed by atoms with E-state index in [-0.39, 0.29) is 11.7 Å². The van der Waals surface area contributed by atoms with Crippen LogP contribution in [0, 0.1) is 11.7 Å². The first-order valence-corrected chi connectivity index (χ1v) is 6.33. The van der Waals surface area contributed by atoms with E-state index in [1.54, 1.807) is 19.1 Å². The van der Waals surface area contributed by atoms with Gasteiger partial charge in [-0.2, -0.15) is 0 Å². The molecule has 100 valence electrons. The van der Waals surface area contributed by atoms with Crippen LogP contribution >= 0.6 is 0 Å². The highest BCUT2D eigenvalue weighted by atomic mass is 19.1. The van der Waals surface area contributed by atoms with E-state index in [2.05, 4.69) is 5.32 Å². The minimum absolute atomic E-state index is 0.159. The summed E-state index contributed by atoms with van der Waals surface area (Å²) >= 11 is 0. The molecule has 0 saturated carbocycles. The Morgan fingerprint density at radius 2 is 2.06 bits per heavy atom. The molecule has 0 radical (unpaired) electrons. The summed E-state index contributed by atoms with van der Waals surface area (Å²) in [6.45, 7) is 3.57. The summed E-state index contributed by atoms with van der Waals surface area (Å²) in [5, 5.41) is 13.9. The van der Waals surface area contributed by atoms with Crippen molar-refractivity contribution >= 4 is 0 Å². The summed E-state index contributed by atoms with van der Waals surface area (Å²) in [5.74, 6) is -0.0596. The van der Waals surface area contributed by atoms with Gasteiger partial charge in [0.25, 0.3) is 0 Å². The van der Waals surface area contributed by atoms with Crippen molar-refractivity contribution in [3.05, 3.63) is 29.6 Å². The smallest absolute Gasteiger partial charge is 0.165 e. The maximum Gasteiger partial charge on any atom is 0.165 e. The number of nitrogens with one attached hydrogen (secondary N) is 1. The highest BCUT2D eigenvalue weighted by molar-refractivity contribution is 5.32. The van der Waals surface area contributed by atoms with Crippen molar-refractivity contribution < 1.29 is 14.2 Å². The quantitative estimate of drug-likeness (QED) is 0.866. The molecule has 2 rings (SSSR count). The largest absolute Gasteiger partial charge is 0.494 e. The number of ether oxygens (including phenoxy) is 1. The second kappa shape index (κ2) is 5.24. The molecule has 3 nitrogen and oxygen atoms in total. The highest BCUT2D eigenvalue weighted by Gasteiger charge is 2.34. The lowest BCUT2D eigenvalue weighted by atomic mass is 9.78. The Morgan fingerprint density at radius 1 is 1.39 bits per heavy atom. The third-order valence-electron chi connectivity index (χ3n) is 3.87. The second-order valence-corrected chi connectivity index (χ2v) is 5.02. The van der Waals surface area contributed by atoms with Crippen LogP contribution in [-0.4, -0.2) is 25.3 Å². The topological polar surface area (TPSA) is 41.5 Å². The van der Waals surface area contributed by atoms with E-state index in [0.717, 1.165) is 25.9 Å². The van der Waals surface area contributed by atoms with E-state index in [0.29, 0.717) is 5.56 Å². The molecule has 1 atom stereocenters. The molecule has 2 N–H and O–H groups in total. The van der Waals surface area contributed by atoms with Gasteiger partial charge in [-0.05, 0) is 56.5 Å². The Hall–Kier alpha value is -1.13. The van der Waals surface area contributed by atoms with Gasteiger partial charge in [-0.25, -0.2) is 4.39 Å². The predicted molar refractivity (Wildman–Crippen MR) is 68.1 cm³/mol. The predicted octanol–water partition coefficient (Wildman–Crippen LogP) is 2.04. The number of methoxy groups -OCH3 is 1. The van der Waals surface area contributed by atoms with Crippen molar-refractivity contribution in [3.8, 4) is 5.75 Å². The normalized spacial score (nSPS) is 20.4. The van der Waals surface area contributed by atoms with Crippen molar-refractivity contribution in [2.75, 3.05) is 20.2 Å². The van der Waals surface area contributed by atoms with Gasteiger partial charge in [-0.3, -0.25) is 0 Å².